The van der Waals surface area contributed by atoms with Crippen molar-refractivity contribution in [1.82, 2.24) is 0 Å². The molecule has 22 heavy (non-hydrogen) atoms. The van der Waals surface area contributed by atoms with Gasteiger partial charge in [-0.2, -0.15) is 0 Å². The summed E-state index contributed by atoms with van der Waals surface area (Å²) in [6.45, 7) is 0. The first-order valence-corrected chi connectivity index (χ1v) is 18.0. The van der Waals surface area contributed by atoms with Gasteiger partial charge in [-0.3, -0.25) is 0 Å². The first-order chi connectivity index (χ1) is 10.7. The van der Waals surface area contributed by atoms with Gasteiger partial charge in [0.1, 0.15) is 0 Å². The zero-order valence-electron chi connectivity index (χ0n) is 11.8. The number of hydrogen-bond acceptors (Lipinski definition) is 2. The van der Waals surface area contributed by atoms with Gasteiger partial charge >= 0.3 is 149 Å². The van der Waals surface area contributed by atoms with Crippen LogP contribution in [0.25, 0.3) is 4.47 Å². The molecule has 0 amide bonds. The Morgan fingerprint density at radius 3 is 2.23 bits per heavy atom. The van der Waals surface area contributed by atoms with Gasteiger partial charge in [-0.1, -0.05) is 0 Å². The van der Waals surface area contributed by atoms with E-state index in [0.717, 1.165) is 10.9 Å². The fourth-order valence-electron chi connectivity index (χ4n) is 2.18. The SMILES string of the molecule is COC(=O)C1=C(c2ccccc2)[Se][Se]P1(=[Se])c1ccccc1. The Labute approximate surface area is 148 Å². The van der Waals surface area contributed by atoms with Crippen LogP contribution in [0.4, 0.5) is 0 Å². The molecular weight excluding hydrogens is 492 g/mol. The number of benzene rings is 2. The summed E-state index contributed by atoms with van der Waals surface area (Å²) in [4.78, 5) is 12.5. The Morgan fingerprint density at radius 2 is 1.64 bits per heavy atom. The predicted molar refractivity (Wildman–Crippen MR) is 95.6 cm³/mol. The van der Waals surface area contributed by atoms with Gasteiger partial charge in [0.15, 0.2) is 0 Å². The minimum absolute atomic E-state index is 0.170. The summed E-state index contributed by atoms with van der Waals surface area (Å²) in [7, 11) is 1.48. The predicted octanol–water partition coefficient (Wildman–Crippen LogP) is 2.21. The van der Waals surface area contributed by atoms with Crippen molar-refractivity contribution in [3.8, 4) is 0 Å². The maximum atomic E-state index is 12.5. The molecule has 1 heterocycles. The molecule has 0 saturated heterocycles. The van der Waals surface area contributed by atoms with Gasteiger partial charge in [0.25, 0.3) is 0 Å². The number of hydrogen-bond donors (Lipinski definition) is 0. The quantitative estimate of drug-likeness (QED) is 0.364. The van der Waals surface area contributed by atoms with E-state index in [2.05, 4.69) is 39.4 Å². The summed E-state index contributed by atoms with van der Waals surface area (Å²) in [5.41, 5.74) is 1.16. The molecule has 2 aromatic carbocycles. The van der Waals surface area contributed by atoms with Crippen molar-refractivity contribution < 1.29 is 9.53 Å². The van der Waals surface area contributed by atoms with Crippen molar-refractivity contribution >= 4 is 60.9 Å². The van der Waals surface area contributed by atoms with E-state index in [1.165, 1.54) is 16.9 Å². The number of esters is 1. The molecule has 0 N–H and O–H groups in total. The minimum atomic E-state index is -1.71. The summed E-state index contributed by atoms with van der Waals surface area (Å²) in [6.07, 6.45) is 0. The van der Waals surface area contributed by atoms with E-state index in [1.807, 2.05) is 36.4 Å². The Kier molecular flexibility index (Phi) is 5.27. The van der Waals surface area contributed by atoms with Crippen LogP contribution in [-0.4, -0.2) is 54.0 Å². The molecule has 2 aromatic rings. The van der Waals surface area contributed by atoms with Crippen LogP contribution in [0, 0.1) is 0 Å². The molecule has 0 bridgehead atoms. The zero-order valence-corrected chi connectivity index (χ0v) is 17.8. The Balaban J connectivity index is 2.20. The third kappa shape index (κ3) is 3.01. The number of rotatable bonds is 3. The van der Waals surface area contributed by atoms with Gasteiger partial charge in [0, 0.05) is 0 Å². The zero-order chi connectivity index (χ0) is 15.6. The van der Waals surface area contributed by atoms with Crippen molar-refractivity contribution in [2.45, 2.75) is 0 Å². The molecule has 0 saturated carbocycles. The molecule has 1 atom stereocenters. The van der Waals surface area contributed by atoms with Gasteiger partial charge < -0.3 is 0 Å². The first-order valence-electron chi connectivity index (χ1n) is 6.57. The van der Waals surface area contributed by atoms with Crippen molar-refractivity contribution in [1.29, 1.82) is 0 Å². The first kappa shape index (κ1) is 16.5. The van der Waals surface area contributed by atoms with Crippen LogP contribution in [0.2, 0.25) is 0 Å². The Morgan fingerprint density at radius 1 is 1.05 bits per heavy atom. The van der Waals surface area contributed by atoms with Crippen molar-refractivity contribution in [2.24, 2.45) is 0 Å². The van der Waals surface area contributed by atoms with E-state index < -0.39 is 4.20 Å². The Hall–Kier alpha value is -0.362. The topological polar surface area (TPSA) is 26.3 Å². The van der Waals surface area contributed by atoms with E-state index in [4.69, 9.17) is 4.74 Å². The summed E-state index contributed by atoms with van der Waals surface area (Å²) < 4.78 is 4.65. The molecule has 0 radical (unpaired) electrons. The number of carbonyl (C=O) groups excluding carboxylic acids is 1. The molecule has 112 valence electrons. The third-order valence-corrected chi connectivity index (χ3v) is 35.3. The van der Waals surface area contributed by atoms with E-state index in [0.29, 0.717) is 25.8 Å². The molecular formula is C16H13O2PSe3. The number of carbonyl (C=O) groups is 1. The van der Waals surface area contributed by atoms with Crippen molar-refractivity contribution in [2.75, 3.05) is 7.11 Å². The standard InChI is InChI=1S/C16H13O2PSe3/c1-18-16(17)14-15(12-8-4-2-5-9-12)21-22-19(14,20)13-10-6-3-7-11-13/h2-11H,1H3. The Bertz CT molecular complexity index is 772. The van der Waals surface area contributed by atoms with Crippen LogP contribution in [0.15, 0.2) is 66.0 Å². The molecule has 0 spiro atoms. The average molecular weight is 505 g/mol. The number of ether oxygens (including phenoxy) is 1. The number of methoxy groups -OCH3 is 1. The average Bonchev–Trinajstić information content (AvgIpc) is 2.94. The summed E-state index contributed by atoms with van der Waals surface area (Å²) in [5.74, 6) is -0.170. The van der Waals surface area contributed by atoms with Gasteiger partial charge in [-0.15, -0.1) is 0 Å². The molecule has 0 fully saturated rings. The summed E-state index contributed by atoms with van der Waals surface area (Å²) >= 11 is 4.17. The third-order valence-electron chi connectivity index (χ3n) is 3.25. The fourth-order valence-corrected chi connectivity index (χ4v) is 32.5. The van der Waals surface area contributed by atoms with Gasteiger partial charge in [0.2, 0.25) is 0 Å². The second-order valence-electron chi connectivity index (χ2n) is 4.58. The second kappa shape index (κ2) is 7.03. The van der Waals surface area contributed by atoms with Crippen LogP contribution < -0.4 is 5.30 Å². The van der Waals surface area contributed by atoms with Gasteiger partial charge in [-0.25, -0.2) is 0 Å². The van der Waals surface area contributed by atoms with E-state index in [-0.39, 0.29) is 5.97 Å². The van der Waals surface area contributed by atoms with Crippen LogP contribution in [0.3, 0.4) is 0 Å². The van der Waals surface area contributed by atoms with E-state index in [9.17, 15) is 4.79 Å². The van der Waals surface area contributed by atoms with Gasteiger partial charge in [0.05, 0.1) is 0 Å². The molecule has 2 nitrogen and oxygen atoms in total. The fraction of sp³-hybridized carbons (Fsp3) is 0.0625. The summed E-state index contributed by atoms with van der Waals surface area (Å²) in [5, 5.41) is 2.18. The van der Waals surface area contributed by atoms with E-state index >= 15 is 0 Å². The van der Waals surface area contributed by atoms with Crippen LogP contribution in [0.1, 0.15) is 5.56 Å². The molecule has 0 aliphatic carbocycles. The molecule has 6 heteroatoms. The van der Waals surface area contributed by atoms with Crippen LogP contribution >= 0.6 is 4.20 Å². The molecule has 3 rings (SSSR count). The summed E-state index contributed by atoms with van der Waals surface area (Å²) in [6, 6.07) is 20.6. The molecule has 0 aromatic heterocycles. The monoisotopic (exact) mass is 508 g/mol. The van der Waals surface area contributed by atoms with Crippen molar-refractivity contribution in [3.05, 3.63) is 71.5 Å². The van der Waals surface area contributed by atoms with E-state index in [1.54, 1.807) is 0 Å². The molecule has 1 unspecified atom stereocenters. The normalized spacial score (nSPS) is 21.0. The molecule has 1 aliphatic heterocycles. The second-order valence-corrected chi connectivity index (χ2v) is 26.0. The van der Waals surface area contributed by atoms with Crippen LogP contribution in [-0.2, 0) is 9.53 Å². The maximum absolute atomic E-state index is 12.5. The van der Waals surface area contributed by atoms with Gasteiger partial charge in [-0.05, 0) is 0 Å². The molecule has 1 aliphatic rings. The van der Waals surface area contributed by atoms with Crippen LogP contribution in [0.5, 0.6) is 0 Å². The van der Waals surface area contributed by atoms with Crippen molar-refractivity contribution in [3.63, 3.8) is 0 Å².